The highest BCUT2D eigenvalue weighted by atomic mass is 32.2. The predicted molar refractivity (Wildman–Crippen MR) is 98.6 cm³/mol. The maximum absolute atomic E-state index is 13.0. The van der Waals surface area contributed by atoms with E-state index in [4.69, 9.17) is 4.42 Å². The van der Waals surface area contributed by atoms with E-state index in [9.17, 15) is 13.2 Å². The van der Waals surface area contributed by atoms with Crippen LogP contribution in [-0.2, 0) is 16.6 Å². The summed E-state index contributed by atoms with van der Waals surface area (Å²) in [5.74, 6) is 0.782. The van der Waals surface area contributed by atoms with Crippen molar-refractivity contribution in [3.05, 3.63) is 47.2 Å². The Kier molecular flexibility index (Phi) is 5.24. The van der Waals surface area contributed by atoms with Gasteiger partial charge < -0.3 is 13.9 Å². The fourth-order valence-corrected chi connectivity index (χ4v) is 4.35. The first-order chi connectivity index (χ1) is 12.2. The maximum atomic E-state index is 13.0. The molecule has 1 saturated heterocycles. The van der Waals surface area contributed by atoms with Crippen LogP contribution < -0.4 is 4.72 Å². The van der Waals surface area contributed by atoms with Crippen molar-refractivity contribution in [2.75, 3.05) is 19.3 Å². The van der Waals surface area contributed by atoms with Gasteiger partial charge >= 0.3 is 0 Å². The van der Waals surface area contributed by atoms with Crippen molar-refractivity contribution in [2.24, 2.45) is 0 Å². The Labute approximate surface area is 154 Å². The second kappa shape index (κ2) is 7.28. The first-order valence-electron chi connectivity index (χ1n) is 8.70. The molecule has 1 aliphatic rings. The Morgan fingerprint density at radius 3 is 2.81 bits per heavy atom. The Bertz CT molecular complexity index is 884. The van der Waals surface area contributed by atoms with Gasteiger partial charge in [-0.3, -0.25) is 4.79 Å². The number of nitrogens with zero attached hydrogens (tertiary/aromatic N) is 2. The van der Waals surface area contributed by atoms with Gasteiger partial charge in [-0.15, -0.1) is 0 Å². The van der Waals surface area contributed by atoms with Gasteiger partial charge in [0, 0.05) is 30.5 Å². The summed E-state index contributed by atoms with van der Waals surface area (Å²) < 4.78 is 33.0. The lowest BCUT2D eigenvalue weighted by molar-refractivity contribution is 0.0702. The Balaban J connectivity index is 1.77. The van der Waals surface area contributed by atoms with E-state index < -0.39 is 10.0 Å². The fourth-order valence-electron chi connectivity index (χ4n) is 3.55. The van der Waals surface area contributed by atoms with E-state index in [1.807, 2.05) is 32.0 Å². The summed E-state index contributed by atoms with van der Waals surface area (Å²) in [6.45, 7) is 5.52. The van der Waals surface area contributed by atoms with Gasteiger partial charge in [-0.2, -0.15) is 0 Å². The topological polar surface area (TPSA) is 84.5 Å². The van der Waals surface area contributed by atoms with E-state index in [1.165, 1.54) is 0 Å². The number of hydrogen-bond donors (Lipinski definition) is 1. The van der Waals surface area contributed by atoms with Crippen LogP contribution in [0.15, 0.2) is 28.9 Å². The second-order valence-electron chi connectivity index (χ2n) is 6.93. The van der Waals surface area contributed by atoms with Crippen LogP contribution in [-0.4, -0.2) is 49.2 Å². The third-order valence-electron chi connectivity index (χ3n) is 4.79. The minimum atomic E-state index is -3.28. The van der Waals surface area contributed by atoms with E-state index in [-0.39, 0.29) is 11.9 Å². The molecule has 142 valence electrons. The maximum Gasteiger partial charge on any atom is 0.255 e. The zero-order valence-electron chi connectivity index (χ0n) is 15.4. The third kappa shape index (κ3) is 4.19. The average molecular weight is 379 g/mol. The number of rotatable bonds is 5. The molecule has 26 heavy (non-hydrogen) atoms. The molecule has 1 atom stereocenters. The SMILES string of the molecule is Cc1cc(C(=O)N2CCCC(NS(C)(=O)=O)C2)c(C)n1Cc1ccco1. The standard InChI is InChI=1S/C18H25N3O4S/c1-13-10-17(14(2)21(13)12-16-7-5-9-25-16)18(22)20-8-4-6-15(11-20)19-26(3,23)24/h5,7,9-10,15,19H,4,6,8,11-12H2,1-3H3. The first-order valence-corrected chi connectivity index (χ1v) is 10.6. The molecule has 3 heterocycles. The molecular formula is C18H25N3O4S. The number of carbonyl (C=O) groups excluding carboxylic acids is 1. The molecule has 0 bridgehead atoms. The molecule has 0 aliphatic carbocycles. The molecule has 0 saturated carbocycles. The number of piperidine rings is 1. The molecule has 0 radical (unpaired) electrons. The quantitative estimate of drug-likeness (QED) is 0.860. The summed E-state index contributed by atoms with van der Waals surface area (Å²) in [7, 11) is -3.28. The second-order valence-corrected chi connectivity index (χ2v) is 8.71. The van der Waals surface area contributed by atoms with Gasteiger partial charge in [-0.25, -0.2) is 13.1 Å². The van der Waals surface area contributed by atoms with Crippen molar-refractivity contribution in [3.8, 4) is 0 Å². The monoisotopic (exact) mass is 379 g/mol. The van der Waals surface area contributed by atoms with Crippen LogP contribution in [0.25, 0.3) is 0 Å². The van der Waals surface area contributed by atoms with Gasteiger partial charge in [0.2, 0.25) is 10.0 Å². The van der Waals surface area contributed by atoms with Crippen LogP contribution in [0.5, 0.6) is 0 Å². The van der Waals surface area contributed by atoms with Crippen molar-refractivity contribution in [1.29, 1.82) is 0 Å². The van der Waals surface area contributed by atoms with Gasteiger partial charge in [0.25, 0.3) is 5.91 Å². The molecule has 0 spiro atoms. The van der Waals surface area contributed by atoms with Crippen molar-refractivity contribution in [1.82, 2.24) is 14.2 Å². The summed E-state index contributed by atoms with van der Waals surface area (Å²) in [5.41, 5.74) is 2.54. The zero-order chi connectivity index (χ0) is 18.9. The molecule has 1 unspecified atom stereocenters. The molecular weight excluding hydrogens is 354 g/mol. The molecule has 2 aromatic heterocycles. The fraction of sp³-hybridized carbons (Fsp3) is 0.500. The number of likely N-dealkylation sites (tertiary alicyclic amines) is 1. The third-order valence-corrected chi connectivity index (χ3v) is 5.55. The molecule has 8 heteroatoms. The van der Waals surface area contributed by atoms with Gasteiger partial charge in [0.05, 0.1) is 24.6 Å². The average Bonchev–Trinajstić information content (AvgIpc) is 3.16. The number of sulfonamides is 1. The number of furan rings is 1. The lowest BCUT2D eigenvalue weighted by atomic mass is 10.1. The smallest absolute Gasteiger partial charge is 0.255 e. The van der Waals surface area contributed by atoms with Crippen LogP contribution in [0.2, 0.25) is 0 Å². The van der Waals surface area contributed by atoms with E-state index >= 15 is 0 Å². The number of aryl methyl sites for hydroxylation is 1. The number of amides is 1. The van der Waals surface area contributed by atoms with Gasteiger partial charge in [-0.1, -0.05) is 0 Å². The van der Waals surface area contributed by atoms with Crippen LogP contribution >= 0.6 is 0 Å². The number of carbonyl (C=O) groups is 1. The van der Waals surface area contributed by atoms with Crippen LogP contribution in [0.3, 0.4) is 0 Å². The first kappa shape index (κ1) is 18.7. The summed E-state index contributed by atoms with van der Waals surface area (Å²) in [6.07, 6.45) is 4.31. The molecule has 2 aromatic rings. The van der Waals surface area contributed by atoms with E-state index in [2.05, 4.69) is 9.29 Å². The minimum absolute atomic E-state index is 0.0520. The predicted octanol–water partition coefficient (Wildman–Crippen LogP) is 1.90. The Morgan fingerprint density at radius 2 is 2.15 bits per heavy atom. The number of hydrogen-bond acceptors (Lipinski definition) is 4. The largest absolute Gasteiger partial charge is 0.467 e. The van der Waals surface area contributed by atoms with Crippen molar-refractivity contribution in [3.63, 3.8) is 0 Å². The van der Waals surface area contributed by atoms with Crippen molar-refractivity contribution >= 4 is 15.9 Å². The van der Waals surface area contributed by atoms with E-state index in [0.717, 1.165) is 36.2 Å². The molecule has 0 aromatic carbocycles. The highest BCUT2D eigenvalue weighted by Gasteiger charge is 2.28. The zero-order valence-corrected chi connectivity index (χ0v) is 16.2. The molecule has 7 nitrogen and oxygen atoms in total. The summed E-state index contributed by atoms with van der Waals surface area (Å²) in [6, 6.07) is 5.42. The van der Waals surface area contributed by atoms with Crippen LogP contribution in [0.1, 0.15) is 40.3 Å². The Morgan fingerprint density at radius 1 is 1.38 bits per heavy atom. The summed E-state index contributed by atoms with van der Waals surface area (Å²) in [5, 5.41) is 0. The number of aromatic nitrogens is 1. The summed E-state index contributed by atoms with van der Waals surface area (Å²) in [4.78, 5) is 14.8. The van der Waals surface area contributed by atoms with E-state index in [1.54, 1.807) is 11.2 Å². The molecule has 1 amide bonds. The van der Waals surface area contributed by atoms with Crippen molar-refractivity contribution < 1.29 is 17.6 Å². The summed E-state index contributed by atoms with van der Waals surface area (Å²) >= 11 is 0. The molecule has 3 rings (SSSR count). The van der Waals surface area contributed by atoms with Crippen LogP contribution in [0, 0.1) is 13.8 Å². The molecule has 1 fully saturated rings. The number of nitrogens with one attached hydrogen (secondary N) is 1. The van der Waals surface area contributed by atoms with Crippen LogP contribution in [0.4, 0.5) is 0 Å². The Hall–Kier alpha value is -2.06. The molecule has 1 aliphatic heterocycles. The highest BCUT2D eigenvalue weighted by Crippen LogP contribution is 2.21. The van der Waals surface area contributed by atoms with E-state index in [0.29, 0.717) is 25.2 Å². The van der Waals surface area contributed by atoms with Gasteiger partial charge in [0.1, 0.15) is 5.76 Å². The van der Waals surface area contributed by atoms with Gasteiger partial charge in [-0.05, 0) is 44.9 Å². The lowest BCUT2D eigenvalue weighted by Gasteiger charge is -2.32. The van der Waals surface area contributed by atoms with Crippen molar-refractivity contribution in [2.45, 2.75) is 39.3 Å². The highest BCUT2D eigenvalue weighted by molar-refractivity contribution is 7.88. The lowest BCUT2D eigenvalue weighted by Crippen LogP contribution is -2.49. The normalized spacial score (nSPS) is 18.3. The molecule has 1 N–H and O–H groups in total. The minimum Gasteiger partial charge on any atom is -0.467 e. The van der Waals surface area contributed by atoms with Gasteiger partial charge in [0.15, 0.2) is 0 Å².